The van der Waals surface area contributed by atoms with Gasteiger partial charge in [-0.3, -0.25) is 9.20 Å². The third kappa shape index (κ3) is 2.60. The fraction of sp³-hybridized carbons (Fsp3) is 0.429. The number of methoxy groups -OCH3 is 1. The molecule has 1 amide bonds. The number of aliphatic hydroxyl groups is 1. The van der Waals surface area contributed by atoms with E-state index in [-0.39, 0.29) is 12.5 Å². The van der Waals surface area contributed by atoms with Crippen LogP contribution in [0.2, 0.25) is 0 Å². The van der Waals surface area contributed by atoms with E-state index in [9.17, 15) is 4.79 Å². The number of imidazole rings is 1. The van der Waals surface area contributed by atoms with Crippen LogP contribution < -0.4 is 10.1 Å². The maximum atomic E-state index is 12.3. The van der Waals surface area contributed by atoms with Gasteiger partial charge >= 0.3 is 0 Å². The quantitative estimate of drug-likeness (QED) is 0.773. The maximum absolute atomic E-state index is 12.3. The molecular formula is C14H19N3O3. The van der Waals surface area contributed by atoms with Gasteiger partial charge in [0.1, 0.15) is 5.69 Å². The van der Waals surface area contributed by atoms with Gasteiger partial charge in [-0.05, 0) is 25.0 Å². The maximum Gasteiger partial charge on any atom is 0.270 e. The van der Waals surface area contributed by atoms with Crippen molar-refractivity contribution in [2.75, 3.05) is 20.3 Å². The minimum absolute atomic E-state index is 0.0574. The van der Waals surface area contributed by atoms with Crippen molar-refractivity contribution in [3.63, 3.8) is 0 Å². The highest BCUT2D eigenvalue weighted by molar-refractivity contribution is 5.95. The summed E-state index contributed by atoms with van der Waals surface area (Å²) in [5, 5.41) is 11.6. The van der Waals surface area contributed by atoms with E-state index >= 15 is 0 Å². The van der Waals surface area contributed by atoms with E-state index in [1.807, 2.05) is 19.1 Å². The number of carbonyl (C=O) groups is 1. The standard InChI is InChI=1S/C14H19N3O3/c1-3-10-12(14(19)15-7-5-9-18)17-8-4-6-11(20-2)13(17)16-10/h4,6,8,18H,3,5,7,9H2,1-2H3,(H,15,19). The highest BCUT2D eigenvalue weighted by Crippen LogP contribution is 2.22. The van der Waals surface area contributed by atoms with Crippen molar-refractivity contribution in [3.8, 4) is 5.75 Å². The molecule has 0 aliphatic carbocycles. The number of aromatic nitrogens is 2. The summed E-state index contributed by atoms with van der Waals surface area (Å²) < 4.78 is 7.01. The van der Waals surface area contributed by atoms with Crippen molar-refractivity contribution >= 4 is 11.6 Å². The molecule has 0 saturated heterocycles. The number of rotatable bonds is 6. The Hall–Kier alpha value is -2.08. The minimum Gasteiger partial charge on any atom is -0.493 e. The van der Waals surface area contributed by atoms with Crippen LogP contribution in [0.5, 0.6) is 5.75 Å². The number of nitrogens with zero attached hydrogens (tertiary/aromatic N) is 2. The Morgan fingerprint density at radius 1 is 1.55 bits per heavy atom. The number of hydrogen-bond donors (Lipinski definition) is 2. The van der Waals surface area contributed by atoms with E-state index in [4.69, 9.17) is 9.84 Å². The number of ether oxygens (including phenoxy) is 1. The molecule has 20 heavy (non-hydrogen) atoms. The van der Waals surface area contributed by atoms with Gasteiger partial charge < -0.3 is 15.2 Å². The zero-order chi connectivity index (χ0) is 14.5. The Balaban J connectivity index is 2.43. The molecule has 2 heterocycles. The number of amides is 1. The molecule has 0 saturated carbocycles. The molecule has 0 unspecified atom stereocenters. The normalized spacial score (nSPS) is 10.8. The topological polar surface area (TPSA) is 75.9 Å². The first-order valence-electron chi connectivity index (χ1n) is 6.65. The monoisotopic (exact) mass is 277 g/mol. The largest absolute Gasteiger partial charge is 0.493 e. The summed E-state index contributed by atoms with van der Waals surface area (Å²) in [5.41, 5.74) is 1.90. The van der Waals surface area contributed by atoms with Crippen LogP contribution in [0.4, 0.5) is 0 Å². The van der Waals surface area contributed by atoms with Gasteiger partial charge in [0.25, 0.3) is 5.91 Å². The molecule has 0 bridgehead atoms. The Morgan fingerprint density at radius 3 is 3.00 bits per heavy atom. The molecule has 6 nitrogen and oxygen atoms in total. The third-order valence-electron chi connectivity index (χ3n) is 3.08. The second kappa shape index (κ2) is 6.38. The lowest BCUT2D eigenvalue weighted by molar-refractivity contribution is 0.0944. The summed E-state index contributed by atoms with van der Waals surface area (Å²) in [6.07, 6.45) is 2.99. The summed E-state index contributed by atoms with van der Waals surface area (Å²) in [7, 11) is 1.58. The number of fused-ring (bicyclic) bond motifs is 1. The first-order valence-corrected chi connectivity index (χ1v) is 6.65. The predicted molar refractivity (Wildman–Crippen MR) is 75.2 cm³/mol. The van der Waals surface area contributed by atoms with E-state index in [0.717, 1.165) is 5.69 Å². The Bertz CT molecular complexity index is 607. The van der Waals surface area contributed by atoms with Gasteiger partial charge in [0, 0.05) is 19.3 Å². The number of hydrogen-bond acceptors (Lipinski definition) is 4. The number of carbonyl (C=O) groups excluding carboxylic acids is 1. The zero-order valence-electron chi connectivity index (χ0n) is 11.7. The molecule has 2 aromatic heterocycles. The molecule has 2 N–H and O–H groups in total. The van der Waals surface area contributed by atoms with E-state index in [0.29, 0.717) is 36.5 Å². The molecule has 0 radical (unpaired) electrons. The van der Waals surface area contributed by atoms with Gasteiger partial charge in [-0.2, -0.15) is 0 Å². The Kier molecular flexibility index (Phi) is 4.57. The number of aryl methyl sites for hydroxylation is 1. The SMILES string of the molecule is CCc1nc2c(OC)cccn2c1C(=O)NCCCO. The Labute approximate surface area is 117 Å². The molecule has 0 aromatic carbocycles. The number of nitrogens with one attached hydrogen (secondary N) is 1. The smallest absolute Gasteiger partial charge is 0.270 e. The molecule has 0 spiro atoms. The van der Waals surface area contributed by atoms with Crippen LogP contribution in [0.15, 0.2) is 18.3 Å². The van der Waals surface area contributed by atoms with Crippen LogP contribution >= 0.6 is 0 Å². The summed E-state index contributed by atoms with van der Waals surface area (Å²) in [6.45, 7) is 2.45. The van der Waals surface area contributed by atoms with Crippen molar-refractivity contribution in [2.45, 2.75) is 19.8 Å². The van der Waals surface area contributed by atoms with Crippen LogP contribution in [0.1, 0.15) is 29.5 Å². The molecule has 2 rings (SSSR count). The lowest BCUT2D eigenvalue weighted by Gasteiger charge is -2.06. The van der Waals surface area contributed by atoms with E-state index in [1.54, 1.807) is 17.7 Å². The molecule has 0 fully saturated rings. The summed E-state index contributed by atoms with van der Waals surface area (Å²) in [6, 6.07) is 3.63. The number of pyridine rings is 1. The van der Waals surface area contributed by atoms with E-state index in [2.05, 4.69) is 10.3 Å². The second-order valence-corrected chi connectivity index (χ2v) is 4.36. The van der Waals surface area contributed by atoms with E-state index in [1.165, 1.54) is 0 Å². The third-order valence-corrected chi connectivity index (χ3v) is 3.08. The van der Waals surface area contributed by atoms with Crippen LogP contribution in [0.3, 0.4) is 0 Å². The number of aliphatic hydroxyl groups excluding tert-OH is 1. The van der Waals surface area contributed by atoms with Crippen molar-refractivity contribution in [3.05, 3.63) is 29.7 Å². The molecule has 0 aliphatic rings. The lowest BCUT2D eigenvalue weighted by Crippen LogP contribution is -2.27. The van der Waals surface area contributed by atoms with Gasteiger partial charge in [-0.25, -0.2) is 4.98 Å². The van der Waals surface area contributed by atoms with Crippen molar-refractivity contribution in [2.24, 2.45) is 0 Å². The Morgan fingerprint density at radius 2 is 2.35 bits per heavy atom. The molecule has 108 valence electrons. The van der Waals surface area contributed by atoms with Gasteiger partial charge in [0.05, 0.1) is 12.8 Å². The van der Waals surface area contributed by atoms with Gasteiger partial charge in [0.15, 0.2) is 11.4 Å². The summed E-state index contributed by atoms with van der Waals surface area (Å²) in [4.78, 5) is 16.8. The molecule has 0 aliphatic heterocycles. The lowest BCUT2D eigenvalue weighted by atomic mass is 10.2. The molecule has 2 aromatic rings. The zero-order valence-corrected chi connectivity index (χ0v) is 11.7. The van der Waals surface area contributed by atoms with E-state index < -0.39 is 0 Å². The molecule has 0 atom stereocenters. The van der Waals surface area contributed by atoms with Crippen LogP contribution in [-0.2, 0) is 6.42 Å². The summed E-state index contributed by atoms with van der Waals surface area (Å²) >= 11 is 0. The van der Waals surface area contributed by atoms with Gasteiger partial charge in [0.2, 0.25) is 0 Å². The fourth-order valence-corrected chi connectivity index (χ4v) is 2.10. The first kappa shape index (κ1) is 14.3. The van der Waals surface area contributed by atoms with Crippen LogP contribution in [-0.4, -0.2) is 40.7 Å². The van der Waals surface area contributed by atoms with Gasteiger partial charge in [-0.1, -0.05) is 6.92 Å². The van der Waals surface area contributed by atoms with Crippen LogP contribution in [0.25, 0.3) is 5.65 Å². The molecule has 6 heteroatoms. The van der Waals surface area contributed by atoms with Crippen LogP contribution in [0, 0.1) is 0 Å². The fourth-order valence-electron chi connectivity index (χ4n) is 2.10. The van der Waals surface area contributed by atoms with Crippen molar-refractivity contribution in [1.29, 1.82) is 0 Å². The average Bonchev–Trinajstić information content (AvgIpc) is 2.85. The van der Waals surface area contributed by atoms with Gasteiger partial charge in [-0.15, -0.1) is 0 Å². The minimum atomic E-state index is -0.184. The highest BCUT2D eigenvalue weighted by Gasteiger charge is 2.19. The van der Waals surface area contributed by atoms with Crippen molar-refractivity contribution in [1.82, 2.24) is 14.7 Å². The predicted octanol–water partition coefficient (Wildman–Crippen LogP) is 1.02. The highest BCUT2D eigenvalue weighted by atomic mass is 16.5. The van der Waals surface area contributed by atoms with Crippen molar-refractivity contribution < 1.29 is 14.6 Å². The average molecular weight is 277 g/mol. The molecular weight excluding hydrogens is 258 g/mol. The second-order valence-electron chi connectivity index (χ2n) is 4.36. The first-order chi connectivity index (χ1) is 9.72. The summed E-state index contributed by atoms with van der Waals surface area (Å²) in [5.74, 6) is 0.452.